The molecule has 0 saturated heterocycles. The predicted octanol–water partition coefficient (Wildman–Crippen LogP) is 2.37. The molecule has 0 spiro atoms. The van der Waals surface area contributed by atoms with E-state index in [0.717, 1.165) is 0 Å². The average Bonchev–Trinajstić information content (AvgIpc) is 2.65. The molecule has 0 amide bonds. The topological polar surface area (TPSA) is 85.6 Å². The number of ketones is 1. The molecule has 1 aliphatic rings. The fourth-order valence-corrected chi connectivity index (χ4v) is 2.37. The first kappa shape index (κ1) is 15.6. The van der Waals surface area contributed by atoms with Crippen molar-refractivity contribution >= 4 is 11.8 Å². The van der Waals surface area contributed by atoms with E-state index in [1.807, 2.05) is 0 Å². The van der Waals surface area contributed by atoms with E-state index in [4.69, 9.17) is 19.5 Å². The summed E-state index contributed by atoms with van der Waals surface area (Å²) in [7, 11) is 0. The Morgan fingerprint density at radius 3 is 2.50 bits per heavy atom. The van der Waals surface area contributed by atoms with Gasteiger partial charge in [-0.25, -0.2) is 4.79 Å². The van der Waals surface area contributed by atoms with Gasteiger partial charge in [0.15, 0.2) is 23.9 Å². The minimum Gasteiger partial charge on any atom is -0.486 e. The molecule has 0 aliphatic carbocycles. The molecule has 0 N–H and O–H groups in total. The number of carbonyl (C=O) groups excluding carboxylic acids is 2. The molecule has 24 heavy (non-hydrogen) atoms. The average molecular weight is 323 g/mol. The number of nitrogens with zero attached hydrogens (tertiary/aromatic N) is 1. The molecule has 0 bridgehead atoms. The van der Waals surface area contributed by atoms with Crippen LogP contribution in [-0.4, -0.2) is 31.6 Å². The van der Waals surface area contributed by atoms with Gasteiger partial charge in [0.25, 0.3) is 0 Å². The molecule has 2 aromatic carbocycles. The molecule has 0 saturated carbocycles. The van der Waals surface area contributed by atoms with Gasteiger partial charge in [0.1, 0.15) is 19.3 Å². The van der Waals surface area contributed by atoms with E-state index in [1.54, 1.807) is 42.5 Å². The second kappa shape index (κ2) is 6.84. The van der Waals surface area contributed by atoms with Gasteiger partial charge in [0.05, 0.1) is 5.56 Å². The lowest BCUT2D eigenvalue weighted by Gasteiger charge is -2.18. The summed E-state index contributed by atoms with van der Waals surface area (Å²) in [5.41, 5.74) is 0.699. The van der Waals surface area contributed by atoms with Crippen LogP contribution in [-0.2, 0) is 4.74 Å². The lowest BCUT2D eigenvalue weighted by atomic mass is 9.98. The van der Waals surface area contributed by atoms with Crippen molar-refractivity contribution in [2.24, 2.45) is 0 Å². The molecule has 1 aliphatic heterocycles. The lowest BCUT2D eigenvalue weighted by Crippen LogP contribution is -2.16. The van der Waals surface area contributed by atoms with Gasteiger partial charge in [-0.1, -0.05) is 18.2 Å². The second-order valence-corrected chi connectivity index (χ2v) is 4.97. The van der Waals surface area contributed by atoms with E-state index in [1.165, 1.54) is 6.07 Å². The Balaban J connectivity index is 1.93. The lowest BCUT2D eigenvalue weighted by molar-refractivity contribution is 0.0552. The molecular formula is C18H13NO5. The number of benzene rings is 2. The molecule has 120 valence electrons. The van der Waals surface area contributed by atoms with Crippen molar-refractivity contribution in [3.63, 3.8) is 0 Å². The van der Waals surface area contributed by atoms with Crippen molar-refractivity contribution in [1.29, 1.82) is 5.26 Å². The maximum Gasteiger partial charge on any atom is 0.339 e. The zero-order chi connectivity index (χ0) is 16.9. The summed E-state index contributed by atoms with van der Waals surface area (Å²) in [5.74, 6) is 0.0330. The SMILES string of the molecule is N#CCOC(=O)c1ccccc1C(=O)c1ccc2c(c1)OCCO2. The zero-order valence-corrected chi connectivity index (χ0v) is 12.7. The highest BCUT2D eigenvalue weighted by atomic mass is 16.6. The van der Waals surface area contributed by atoms with Crippen molar-refractivity contribution in [2.75, 3.05) is 19.8 Å². The largest absolute Gasteiger partial charge is 0.486 e. The Bertz CT molecular complexity index is 838. The van der Waals surface area contributed by atoms with Crippen molar-refractivity contribution in [2.45, 2.75) is 0 Å². The normalized spacial score (nSPS) is 12.1. The van der Waals surface area contributed by atoms with Crippen LogP contribution in [0.3, 0.4) is 0 Å². The maximum atomic E-state index is 12.8. The summed E-state index contributed by atoms with van der Waals surface area (Å²) in [5, 5.41) is 8.51. The molecule has 0 unspecified atom stereocenters. The first-order valence-electron chi connectivity index (χ1n) is 7.28. The van der Waals surface area contributed by atoms with Crippen LogP contribution >= 0.6 is 0 Å². The van der Waals surface area contributed by atoms with Gasteiger partial charge in [0.2, 0.25) is 0 Å². The first-order chi connectivity index (χ1) is 11.7. The van der Waals surface area contributed by atoms with Gasteiger partial charge in [-0.3, -0.25) is 4.79 Å². The van der Waals surface area contributed by atoms with Crippen LogP contribution in [0.5, 0.6) is 11.5 Å². The van der Waals surface area contributed by atoms with Crippen LogP contribution in [0.15, 0.2) is 42.5 Å². The Labute approximate surface area is 138 Å². The zero-order valence-electron chi connectivity index (χ0n) is 12.7. The van der Waals surface area contributed by atoms with Gasteiger partial charge in [-0.05, 0) is 24.3 Å². The first-order valence-corrected chi connectivity index (χ1v) is 7.28. The Morgan fingerprint density at radius 2 is 1.75 bits per heavy atom. The van der Waals surface area contributed by atoms with Gasteiger partial charge >= 0.3 is 5.97 Å². The van der Waals surface area contributed by atoms with Crippen molar-refractivity contribution < 1.29 is 23.8 Å². The summed E-state index contributed by atoms with van der Waals surface area (Å²) in [6, 6.07) is 12.9. The number of rotatable bonds is 4. The highest BCUT2D eigenvalue weighted by Gasteiger charge is 2.21. The highest BCUT2D eigenvalue weighted by molar-refractivity contribution is 6.14. The molecule has 0 aromatic heterocycles. The van der Waals surface area contributed by atoms with Gasteiger partial charge in [-0.2, -0.15) is 5.26 Å². The second-order valence-electron chi connectivity index (χ2n) is 4.97. The molecule has 0 atom stereocenters. The highest BCUT2D eigenvalue weighted by Crippen LogP contribution is 2.31. The molecule has 2 aromatic rings. The van der Waals surface area contributed by atoms with Gasteiger partial charge < -0.3 is 14.2 Å². The van der Waals surface area contributed by atoms with E-state index >= 15 is 0 Å². The van der Waals surface area contributed by atoms with Gasteiger partial charge in [-0.15, -0.1) is 0 Å². The fraction of sp³-hybridized carbons (Fsp3) is 0.167. The Morgan fingerprint density at radius 1 is 1.04 bits per heavy atom. The molecule has 1 heterocycles. The third-order valence-corrected chi connectivity index (χ3v) is 3.46. The number of hydrogen-bond acceptors (Lipinski definition) is 6. The monoisotopic (exact) mass is 323 g/mol. The molecule has 3 rings (SSSR count). The molecule has 6 heteroatoms. The number of ether oxygens (including phenoxy) is 3. The third kappa shape index (κ3) is 3.06. The number of nitriles is 1. The van der Waals surface area contributed by atoms with Crippen LogP contribution in [0.4, 0.5) is 0 Å². The third-order valence-electron chi connectivity index (χ3n) is 3.46. The van der Waals surface area contributed by atoms with Crippen molar-refractivity contribution in [3.05, 3.63) is 59.2 Å². The molecular weight excluding hydrogens is 310 g/mol. The summed E-state index contributed by atoms with van der Waals surface area (Å²) in [4.78, 5) is 24.8. The van der Waals surface area contributed by atoms with E-state index in [2.05, 4.69) is 0 Å². The van der Waals surface area contributed by atoms with Gasteiger partial charge in [0, 0.05) is 11.1 Å². The van der Waals surface area contributed by atoms with Crippen LogP contribution < -0.4 is 9.47 Å². The number of carbonyl (C=O) groups is 2. The van der Waals surface area contributed by atoms with Crippen LogP contribution in [0.1, 0.15) is 26.3 Å². The summed E-state index contributed by atoms with van der Waals surface area (Å²) >= 11 is 0. The quantitative estimate of drug-likeness (QED) is 0.634. The standard InChI is InChI=1S/C18H13NO5/c19-7-8-24-18(21)14-4-2-1-3-13(14)17(20)12-5-6-15-16(11-12)23-10-9-22-15/h1-6,11H,8-10H2. The summed E-state index contributed by atoms with van der Waals surface area (Å²) in [6.45, 7) is 0.515. The smallest absolute Gasteiger partial charge is 0.339 e. The predicted molar refractivity (Wildman–Crippen MR) is 83.2 cm³/mol. The minimum absolute atomic E-state index is 0.118. The molecule has 6 nitrogen and oxygen atoms in total. The minimum atomic E-state index is -0.710. The van der Waals surface area contributed by atoms with E-state index in [0.29, 0.717) is 30.3 Å². The molecule has 0 radical (unpaired) electrons. The van der Waals surface area contributed by atoms with Crippen LogP contribution in [0.2, 0.25) is 0 Å². The van der Waals surface area contributed by atoms with Crippen LogP contribution in [0, 0.1) is 11.3 Å². The maximum absolute atomic E-state index is 12.8. The summed E-state index contributed by atoms with van der Waals surface area (Å²) < 4.78 is 15.7. The Kier molecular flexibility index (Phi) is 4.43. The fourth-order valence-electron chi connectivity index (χ4n) is 2.37. The van der Waals surface area contributed by atoms with E-state index < -0.39 is 5.97 Å². The number of esters is 1. The van der Waals surface area contributed by atoms with Crippen molar-refractivity contribution in [3.8, 4) is 17.6 Å². The van der Waals surface area contributed by atoms with E-state index in [9.17, 15) is 9.59 Å². The Hall–Kier alpha value is -3.33. The van der Waals surface area contributed by atoms with Crippen LogP contribution in [0.25, 0.3) is 0 Å². The summed E-state index contributed by atoms with van der Waals surface area (Å²) in [6.07, 6.45) is 0. The molecule has 0 fully saturated rings. The van der Waals surface area contributed by atoms with E-state index in [-0.39, 0.29) is 23.5 Å². The van der Waals surface area contributed by atoms with Crippen molar-refractivity contribution in [1.82, 2.24) is 0 Å². The number of fused-ring (bicyclic) bond motifs is 1. The number of hydrogen-bond donors (Lipinski definition) is 0.